The van der Waals surface area contributed by atoms with Crippen LogP contribution in [-0.2, 0) is 16.0 Å². The highest BCUT2D eigenvalue weighted by Gasteiger charge is 2.44. The van der Waals surface area contributed by atoms with Crippen molar-refractivity contribution in [2.24, 2.45) is 5.41 Å². The van der Waals surface area contributed by atoms with Gasteiger partial charge in [-0.1, -0.05) is 36.4 Å². The number of ether oxygens (including phenoxy) is 1. The van der Waals surface area contributed by atoms with Crippen molar-refractivity contribution in [2.75, 3.05) is 19.7 Å². The summed E-state index contributed by atoms with van der Waals surface area (Å²) in [5.74, 6) is -0.284. The standard InChI is InChI=1S/C24H30N2O3/c1-3-29-23(28)24(15-8-13-20-11-5-4-6-12-20)16-9-17-26(18-24)22(27)21-14-7-10-19(2)25-21/h4-7,10-12,14H,3,8-9,13,15-18H2,1-2H3. The maximum atomic E-state index is 13.0. The summed E-state index contributed by atoms with van der Waals surface area (Å²) in [4.78, 5) is 32.1. The van der Waals surface area contributed by atoms with Crippen molar-refractivity contribution in [2.45, 2.75) is 46.0 Å². The van der Waals surface area contributed by atoms with E-state index in [0.717, 1.165) is 31.4 Å². The molecule has 0 saturated carbocycles. The summed E-state index contributed by atoms with van der Waals surface area (Å²) in [5.41, 5.74) is 1.88. The Morgan fingerprint density at radius 3 is 2.66 bits per heavy atom. The Labute approximate surface area is 173 Å². The molecule has 0 N–H and O–H groups in total. The average Bonchev–Trinajstić information content (AvgIpc) is 2.74. The molecule has 0 spiro atoms. The summed E-state index contributed by atoms with van der Waals surface area (Å²) in [5, 5.41) is 0. The number of aromatic nitrogens is 1. The van der Waals surface area contributed by atoms with E-state index >= 15 is 0 Å². The van der Waals surface area contributed by atoms with Gasteiger partial charge in [0.15, 0.2) is 0 Å². The third-order valence-electron chi connectivity index (χ3n) is 5.64. The van der Waals surface area contributed by atoms with E-state index in [0.29, 0.717) is 31.8 Å². The minimum absolute atomic E-state index is 0.106. The van der Waals surface area contributed by atoms with Crippen molar-refractivity contribution in [3.63, 3.8) is 0 Å². The second-order valence-corrected chi connectivity index (χ2v) is 7.83. The molecular weight excluding hydrogens is 364 g/mol. The quantitative estimate of drug-likeness (QED) is 0.661. The molecule has 1 amide bonds. The highest BCUT2D eigenvalue weighted by atomic mass is 16.5. The minimum atomic E-state index is -0.636. The SMILES string of the molecule is CCOC(=O)C1(CCCc2ccccc2)CCCN(C(=O)c2cccc(C)n2)C1. The summed E-state index contributed by atoms with van der Waals surface area (Å²) < 4.78 is 5.45. The van der Waals surface area contributed by atoms with Crippen molar-refractivity contribution in [3.05, 3.63) is 65.5 Å². The molecule has 2 aromatic rings. The fourth-order valence-electron chi connectivity index (χ4n) is 4.16. The molecule has 1 aromatic carbocycles. The molecule has 2 heterocycles. The van der Waals surface area contributed by atoms with Gasteiger partial charge in [-0.05, 0) is 63.6 Å². The molecule has 5 nitrogen and oxygen atoms in total. The first kappa shape index (κ1) is 21.0. The zero-order valence-electron chi connectivity index (χ0n) is 17.4. The predicted octanol–water partition coefficient (Wildman–Crippen LogP) is 4.20. The van der Waals surface area contributed by atoms with Crippen molar-refractivity contribution in [1.29, 1.82) is 0 Å². The predicted molar refractivity (Wildman–Crippen MR) is 113 cm³/mol. The lowest BCUT2D eigenvalue weighted by molar-refractivity contribution is -0.159. The number of nitrogens with zero attached hydrogens (tertiary/aromatic N) is 2. The second-order valence-electron chi connectivity index (χ2n) is 7.83. The van der Waals surface area contributed by atoms with E-state index in [2.05, 4.69) is 17.1 Å². The van der Waals surface area contributed by atoms with Crippen LogP contribution in [0, 0.1) is 12.3 Å². The molecule has 1 aliphatic heterocycles. The smallest absolute Gasteiger partial charge is 0.313 e. The van der Waals surface area contributed by atoms with Crippen LogP contribution in [0.25, 0.3) is 0 Å². The van der Waals surface area contributed by atoms with Gasteiger partial charge in [0.1, 0.15) is 5.69 Å². The highest BCUT2D eigenvalue weighted by molar-refractivity contribution is 5.93. The number of aryl methyl sites for hydroxylation is 2. The molecule has 1 fully saturated rings. The number of rotatable bonds is 7. The third kappa shape index (κ3) is 5.22. The Kier molecular flexibility index (Phi) is 7.02. The first-order valence-electron chi connectivity index (χ1n) is 10.5. The topological polar surface area (TPSA) is 59.5 Å². The first-order valence-corrected chi connectivity index (χ1v) is 10.5. The van der Waals surface area contributed by atoms with E-state index < -0.39 is 5.41 Å². The Bertz CT molecular complexity index is 837. The second kappa shape index (κ2) is 9.68. The number of likely N-dealkylation sites (tertiary alicyclic amines) is 1. The van der Waals surface area contributed by atoms with E-state index in [9.17, 15) is 9.59 Å². The first-order chi connectivity index (χ1) is 14.0. The van der Waals surface area contributed by atoms with Crippen LogP contribution in [0.5, 0.6) is 0 Å². The number of carbonyl (C=O) groups excluding carboxylic acids is 2. The van der Waals surface area contributed by atoms with E-state index in [-0.39, 0.29) is 11.9 Å². The normalized spacial score (nSPS) is 19.0. The molecule has 29 heavy (non-hydrogen) atoms. The van der Waals surface area contributed by atoms with Crippen LogP contribution in [0.4, 0.5) is 0 Å². The van der Waals surface area contributed by atoms with Gasteiger partial charge in [-0.15, -0.1) is 0 Å². The van der Waals surface area contributed by atoms with E-state index in [1.807, 2.05) is 44.2 Å². The molecule has 1 saturated heterocycles. The number of esters is 1. The molecule has 1 aliphatic rings. The molecule has 3 rings (SSSR count). The van der Waals surface area contributed by atoms with Gasteiger partial charge in [-0.25, -0.2) is 4.98 Å². The molecule has 5 heteroatoms. The molecular formula is C24H30N2O3. The monoisotopic (exact) mass is 394 g/mol. The Morgan fingerprint density at radius 1 is 1.14 bits per heavy atom. The van der Waals surface area contributed by atoms with Gasteiger partial charge in [0.2, 0.25) is 0 Å². The molecule has 0 aliphatic carbocycles. The number of amides is 1. The minimum Gasteiger partial charge on any atom is -0.466 e. The van der Waals surface area contributed by atoms with Gasteiger partial charge in [0.25, 0.3) is 5.91 Å². The van der Waals surface area contributed by atoms with Gasteiger partial charge >= 0.3 is 5.97 Å². The summed E-state index contributed by atoms with van der Waals surface area (Å²) in [6, 6.07) is 15.8. The number of hydrogen-bond acceptors (Lipinski definition) is 4. The molecule has 0 radical (unpaired) electrons. The Morgan fingerprint density at radius 2 is 1.93 bits per heavy atom. The van der Waals surface area contributed by atoms with Crippen LogP contribution in [0.1, 0.15) is 54.4 Å². The lowest BCUT2D eigenvalue weighted by atomic mass is 9.75. The number of piperidine rings is 1. The van der Waals surface area contributed by atoms with Crippen LogP contribution in [0.2, 0.25) is 0 Å². The lowest BCUT2D eigenvalue weighted by Gasteiger charge is -2.41. The lowest BCUT2D eigenvalue weighted by Crippen LogP contribution is -2.50. The van der Waals surface area contributed by atoms with Crippen molar-refractivity contribution in [3.8, 4) is 0 Å². The highest BCUT2D eigenvalue weighted by Crippen LogP contribution is 2.37. The van der Waals surface area contributed by atoms with E-state index in [1.54, 1.807) is 11.0 Å². The van der Waals surface area contributed by atoms with Gasteiger partial charge in [0, 0.05) is 18.8 Å². The van der Waals surface area contributed by atoms with Gasteiger partial charge in [0.05, 0.1) is 12.0 Å². The van der Waals surface area contributed by atoms with Crippen molar-refractivity contribution >= 4 is 11.9 Å². The third-order valence-corrected chi connectivity index (χ3v) is 5.64. The summed E-state index contributed by atoms with van der Waals surface area (Å²) in [6.07, 6.45) is 4.06. The fourth-order valence-corrected chi connectivity index (χ4v) is 4.16. The van der Waals surface area contributed by atoms with Crippen LogP contribution < -0.4 is 0 Å². The van der Waals surface area contributed by atoms with E-state index in [1.165, 1.54) is 5.56 Å². The van der Waals surface area contributed by atoms with Gasteiger partial charge in [-0.2, -0.15) is 0 Å². The largest absolute Gasteiger partial charge is 0.466 e. The van der Waals surface area contributed by atoms with Crippen LogP contribution in [-0.4, -0.2) is 41.5 Å². The van der Waals surface area contributed by atoms with Crippen LogP contribution in [0.3, 0.4) is 0 Å². The molecule has 1 atom stereocenters. The number of hydrogen-bond donors (Lipinski definition) is 0. The van der Waals surface area contributed by atoms with Crippen molar-refractivity contribution < 1.29 is 14.3 Å². The maximum Gasteiger partial charge on any atom is 0.313 e. The summed E-state index contributed by atoms with van der Waals surface area (Å²) >= 11 is 0. The van der Waals surface area contributed by atoms with Gasteiger partial charge < -0.3 is 9.64 Å². The average molecular weight is 395 g/mol. The summed E-state index contributed by atoms with van der Waals surface area (Å²) in [7, 11) is 0. The van der Waals surface area contributed by atoms with Crippen molar-refractivity contribution in [1.82, 2.24) is 9.88 Å². The zero-order chi connectivity index (χ0) is 20.7. The zero-order valence-corrected chi connectivity index (χ0v) is 17.4. The summed E-state index contributed by atoms with van der Waals surface area (Å²) in [6.45, 7) is 5.10. The van der Waals surface area contributed by atoms with Crippen LogP contribution >= 0.6 is 0 Å². The molecule has 154 valence electrons. The number of pyridine rings is 1. The number of carbonyl (C=O) groups is 2. The van der Waals surface area contributed by atoms with Crippen LogP contribution in [0.15, 0.2) is 48.5 Å². The fraction of sp³-hybridized carbons (Fsp3) is 0.458. The van der Waals surface area contributed by atoms with Gasteiger partial charge in [-0.3, -0.25) is 9.59 Å². The maximum absolute atomic E-state index is 13.0. The molecule has 1 aromatic heterocycles. The Hall–Kier alpha value is -2.69. The molecule has 1 unspecified atom stereocenters. The molecule has 0 bridgehead atoms. The number of benzene rings is 1. The Balaban J connectivity index is 1.74. The van der Waals surface area contributed by atoms with E-state index in [4.69, 9.17) is 4.74 Å².